The Kier molecular flexibility index (Phi) is 7.82. The third-order valence-electron chi connectivity index (χ3n) is 3.82. The molecule has 0 radical (unpaired) electrons. The molecule has 0 aromatic rings. The summed E-state index contributed by atoms with van der Waals surface area (Å²) in [6.45, 7) is 3.45. The Bertz CT molecular complexity index is 255. The number of aliphatic hydroxyl groups is 1. The van der Waals surface area contributed by atoms with Crippen molar-refractivity contribution < 1.29 is 9.90 Å². The summed E-state index contributed by atoms with van der Waals surface area (Å²) < 4.78 is 0. The summed E-state index contributed by atoms with van der Waals surface area (Å²) in [7, 11) is 2.18. The van der Waals surface area contributed by atoms with Gasteiger partial charge in [-0.25, -0.2) is 4.79 Å². The van der Waals surface area contributed by atoms with Gasteiger partial charge in [0.15, 0.2) is 0 Å². The van der Waals surface area contributed by atoms with Crippen LogP contribution >= 0.6 is 0 Å². The second kappa shape index (κ2) is 9.15. The van der Waals surface area contributed by atoms with Crippen LogP contribution in [0.5, 0.6) is 0 Å². The third-order valence-corrected chi connectivity index (χ3v) is 3.82. The minimum absolute atomic E-state index is 0.0299. The molecule has 1 saturated carbocycles. The van der Waals surface area contributed by atoms with Gasteiger partial charge in [0.2, 0.25) is 0 Å². The molecule has 0 aromatic carbocycles. The molecular formula is C14H29N3O2. The lowest BCUT2D eigenvalue weighted by molar-refractivity contribution is 0.189. The Labute approximate surface area is 116 Å². The zero-order valence-corrected chi connectivity index (χ0v) is 12.3. The molecule has 0 saturated heterocycles. The molecule has 112 valence electrons. The van der Waals surface area contributed by atoms with Crippen LogP contribution in [0.25, 0.3) is 0 Å². The lowest BCUT2D eigenvalue weighted by Crippen LogP contribution is -2.43. The fourth-order valence-corrected chi connectivity index (χ4v) is 2.56. The first-order valence-electron chi connectivity index (χ1n) is 7.49. The first kappa shape index (κ1) is 16.2. The molecule has 5 nitrogen and oxygen atoms in total. The minimum atomic E-state index is -0.193. The monoisotopic (exact) mass is 271 g/mol. The lowest BCUT2D eigenvalue weighted by atomic mass is 9.94. The highest BCUT2D eigenvalue weighted by atomic mass is 16.3. The van der Waals surface area contributed by atoms with Crippen LogP contribution in [0.2, 0.25) is 0 Å². The topological polar surface area (TPSA) is 64.6 Å². The summed E-state index contributed by atoms with van der Waals surface area (Å²) in [6.07, 6.45) is 7.70. The van der Waals surface area contributed by atoms with Crippen molar-refractivity contribution in [3.63, 3.8) is 0 Å². The number of nitrogens with zero attached hydrogens (tertiary/aromatic N) is 1. The molecule has 19 heavy (non-hydrogen) atoms. The number of carbonyl (C=O) groups excluding carboxylic acids is 1. The van der Waals surface area contributed by atoms with E-state index in [9.17, 15) is 4.79 Å². The van der Waals surface area contributed by atoms with Crippen LogP contribution in [-0.2, 0) is 0 Å². The van der Waals surface area contributed by atoms with E-state index < -0.39 is 0 Å². The van der Waals surface area contributed by atoms with Crippen molar-refractivity contribution >= 4 is 6.03 Å². The molecule has 0 bridgehead atoms. The van der Waals surface area contributed by atoms with Crippen molar-refractivity contribution in [1.82, 2.24) is 15.5 Å². The number of carbonyl (C=O) groups is 1. The molecule has 0 heterocycles. The van der Waals surface area contributed by atoms with Gasteiger partial charge in [-0.1, -0.05) is 19.3 Å². The van der Waals surface area contributed by atoms with Crippen LogP contribution in [0.4, 0.5) is 4.79 Å². The van der Waals surface area contributed by atoms with Crippen molar-refractivity contribution in [3.05, 3.63) is 0 Å². The summed E-state index contributed by atoms with van der Waals surface area (Å²) >= 11 is 0. The van der Waals surface area contributed by atoms with E-state index in [2.05, 4.69) is 22.6 Å². The molecule has 3 N–H and O–H groups in total. The van der Waals surface area contributed by atoms with E-state index in [0.29, 0.717) is 6.54 Å². The average molecular weight is 271 g/mol. The van der Waals surface area contributed by atoms with Crippen molar-refractivity contribution in [3.8, 4) is 0 Å². The zero-order chi connectivity index (χ0) is 14.1. The third kappa shape index (κ3) is 6.78. The minimum Gasteiger partial charge on any atom is -0.394 e. The summed E-state index contributed by atoms with van der Waals surface area (Å²) in [6, 6.07) is 0.351. The van der Waals surface area contributed by atoms with Crippen molar-refractivity contribution in [2.24, 2.45) is 0 Å². The smallest absolute Gasteiger partial charge is 0.315 e. The molecule has 1 atom stereocenters. The molecule has 0 aromatic heterocycles. The van der Waals surface area contributed by atoms with E-state index >= 15 is 0 Å². The fraction of sp³-hybridized carbons (Fsp3) is 0.929. The first-order chi connectivity index (χ1) is 9.13. The SMILES string of the molecule is CC(CO)NC(=O)NCCCN(C)C1CCCCC1. The van der Waals surface area contributed by atoms with E-state index in [1.54, 1.807) is 6.92 Å². The van der Waals surface area contributed by atoms with Gasteiger partial charge in [-0.3, -0.25) is 0 Å². The van der Waals surface area contributed by atoms with Crippen molar-refractivity contribution in [2.75, 3.05) is 26.7 Å². The van der Waals surface area contributed by atoms with Gasteiger partial charge >= 0.3 is 6.03 Å². The standard InChI is InChI=1S/C14H29N3O2/c1-12(11-18)16-14(19)15-9-6-10-17(2)13-7-4-3-5-8-13/h12-13,18H,3-11H2,1-2H3,(H2,15,16,19). The molecule has 0 spiro atoms. The van der Waals surface area contributed by atoms with E-state index in [0.717, 1.165) is 19.0 Å². The average Bonchev–Trinajstić information content (AvgIpc) is 2.44. The highest BCUT2D eigenvalue weighted by molar-refractivity contribution is 5.74. The summed E-state index contributed by atoms with van der Waals surface area (Å²) in [4.78, 5) is 13.8. The summed E-state index contributed by atoms with van der Waals surface area (Å²) in [5.74, 6) is 0. The number of urea groups is 1. The maximum atomic E-state index is 11.4. The van der Waals surface area contributed by atoms with Crippen molar-refractivity contribution in [1.29, 1.82) is 0 Å². The summed E-state index contributed by atoms with van der Waals surface area (Å²) in [5, 5.41) is 14.3. The molecule has 2 amide bonds. The van der Waals surface area contributed by atoms with Crippen LogP contribution in [-0.4, -0.2) is 54.9 Å². The molecule has 1 aliphatic rings. The normalized spacial score (nSPS) is 18.3. The van der Waals surface area contributed by atoms with Crippen LogP contribution in [0, 0.1) is 0 Å². The summed E-state index contributed by atoms with van der Waals surface area (Å²) in [5.41, 5.74) is 0. The van der Waals surface area contributed by atoms with Gasteiger partial charge in [0.1, 0.15) is 0 Å². The largest absolute Gasteiger partial charge is 0.394 e. The van der Waals surface area contributed by atoms with Gasteiger partial charge < -0.3 is 20.6 Å². The number of nitrogens with one attached hydrogen (secondary N) is 2. The molecule has 1 fully saturated rings. The molecule has 1 unspecified atom stereocenters. The van der Waals surface area contributed by atoms with Gasteiger partial charge in [0.05, 0.1) is 12.6 Å². The Hall–Kier alpha value is -0.810. The predicted molar refractivity (Wildman–Crippen MR) is 77.2 cm³/mol. The van der Waals surface area contributed by atoms with E-state index in [1.807, 2.05) is 0 Å². The highest BCUT2D eigenvalue weighted by Gasteiger charge is 2.17. The Morgan fingerprint density at radius 1 is 1.37 bits per heavy atom. The van der Waals surface area contributed by atoms with Crippen LogP contribution in [0.1, 0.15) is 45.4 Å². The van der Waals surface area contributed by atoms with Gasteiger partial charge in [-0.05, 0) is 39.8 Å². The highest BCUT2D eigenvalue weighted by Crippen LogP contribution is 2.21. The number of amides is 2. The molecule has 1 aliphatic carbocycles. The second-order valence-electron chi connectivity index (χ2n) is 5.61. The van der Waals surface area contributed by atoms with Gasteiger partial charge in [-0.15, -0.1) is 0 Å². The second-order valence-corrected chi connectivity index (χ2v) is 5.61. The zero-order valence-electron chi connectivity index (χ0n) is 12.3. The molecule has 1 rings (SSSR count). The number of aliphatic hydroxyl groups excluding tert-OH is 1. The molecular weight excluding hydrogens is 242 g/mol. The van der Waals surface area contributed by atoms with E-state index in [1.165, 1.54) is 32.1 Å². The Balaban J connectivity index is 2.04. The van der Waals surface area contributed by atoms with Crippen LogP contribution in [0.3, 0.4) is 0 Å². The van der Waals surface area contributed by atoms with E-state index in [-0.39, 0.29) is 18.7 Å². The molecule has 5 heteroatoms. The van der Waals surface area contributed by atoms with Gasteiger partial charge in [0, 0.05) is 12.6 Å². The first-order valence-corrected chi connectivity index (χ1v) is 7.49. The van der Waals surface area contributed by atoms with Gasteiger partial charge in [0.25, 0.3) is 0 Å². The van der Waals surface area contributed by atoms with E-state index in [4.69, 9.17) is 5.11 Å². The predicted octanol–water partition coefficient (Wildman–Crippen LogP) is 1.32. The fourth-order valence-electron chi connectivity index (χ4n) is 2.56. The Morgan fingerprint density at radius 3 is 2.68 bits per heavy atom. The maximum absolute atomic E-state index is 11.4. The number of hydrogen-bond donors (Lipinski definition) is 3. The maximum Gasteiger partial charge on any atom is 0.315 e. The Morgan fingerprint density at radius 2 is 2.05 bits per heavy atom. The number of hydrogen-bond acceptors (Lipinski definition) is 3. The van der Waals surface area contributed by atoms with Gasteiger partial charge in [-0.2, -0.15) is 0 Å². The quantitative estimate of drug-likeness (QED) is 0.612. The molecule has 0 aliphatic heterocycles. The van der Waals surface area contributed by atoms with Crippen molar-refractivity contribution in [2.45, 2.75) is 57.5 Å². The van der Waals surface area contributed by atoms with Crippen LogP contribution in [0.15, 0.2) is 0 Å². The number of rotatable bonds is 7. The lowest BCUT2D eigenvalue weighted by Gasteiger charge is -2.31. The van der Waals surface area contributed by atoms with Crippen LogP contribution < -0.4 is 10.6 Å².